The first-order chi connectivity index (χ1) is 10.1. The average Bonchev–Trinajstić information content (AvgIpc) is 2.94. The minimum absolute atomic E-state index is 0.402. The highest BCUT2D eigenvalue weighted by Crippen LogP contribution is 2.33. The van der Waals surface area contributed by atoms with E-state index < -0.39 is 0 Å². The van der Waals surface area contributed by atoms with Crippen molar-refractivity contribution >= 4 is 5.82 Å². The molecule has 1 aromatic heterocycles. The highest BCUT2D eigenvalue weighted by atomic mass is 16.5. The van der Waals surface area contributed by atoms with Crippen LogP contribution in [-0.4, -0.2) is 5.16 Å². The van der Waals surface area contributed by atoms with E-state index >= 15 is 0 Å². The van der Waals surface area contributed by atoms with Crippen LogP contribution < -0.4 is 5.73 Å². The van der Waals surface area contributed by atoms with Gasteiger partial charge in [0.15, 0.2) is 11.6 Å². The lowest BCUT2D eigenvalue weighted by Crippen LogP contribution is -1.93. The van der Waals surface area contributed by atoms with Crippen LogP contribution in [0.4, 0.5) is 5.82 Å². The second-order valence-corrected chi connectivity index (χ2v) is 5.44. The van der Waals surface area contributed by atoms with Gasteiger partial charge in [0.1, 0.15) is 0 Å². The summed E-state index contributed by atoms with van der Waals surface area (Å²) in [6.07, 6.45) is 0. The maximum Gasteiger partial charge on any atom is 0.169 e. The molecular weight excluding hydrogens is 260 g/mol. The standard InChI is InChI=1S/C18H18N2O/c1-12(2)15-9-8-14(17-11-18(19)20-21-17)10-16(15)13-6-4-3-5-7-13/h3-12H,1-2H3,(H2,19,20). The van der Waals surface area contributed by atoms with Crippen molar-refractivity contribution in [2.24, 2.45) is 0 Å². The molecule has 0 amide bonds. The molecule has 0 atom stereocenters. The van der Waals surface area contributed by atoms with Gasteiger partial charge in [0.2, 0.25) is 0 Å². The molecule has 0 unspecified atom stereocenters. The molecule has 3 heteroatoms. The van der Waals surface area contributed by atoms with Crippen LogP contribution in [0.25, 0.3) is 22.5 Å². The van der Waals surface area contributed by atoms with E-state index in [0.717, 1.165) is 5.56 Å². The van der Waals surface area contributed by atoms with Crippen molar-refractivity contribution in [2.45, 2.75) is 19.8 Å². The highest BCUT2D eigenvalue weighted by molar-refractivity contribution is 5.74. The lowest BCUT2D eigenvalue weighted by molar-refractivity contribution is 0.436. The summed E-state index contributed by atoms with van der Waals surface area (Å²) in [6, 6.07) is 18.5. The van der Waals surface area contributed by atoms with Gasteiger partial charge in [-0.3, -0.25) is 0 Å². The largest absolute Gasteiger partial charge is 0.381 e. The van der Waals surface area contributed by atoms with Crippen LogP contribution >= 0.6 is 0 Å². The summed E-state index contributed by atoms with van der Waals surface area (Å²) in [6.45, 7) is 4.40. The molecule has 0 bridgehead atoms. The van der Waals surface area contributed by atoms with Gasteiger partial charge < -0.3 is 10.3 Å². The fourth-order valence-electron chi connectivity index (χ4n) is 2.51. The number of nitrogens with zero attached hydrogens (tertiary/aromatic N) is 1. The number of aromatic nitrogens is 1. The van der Waals surface area contributed by atoms with E-state index in [1.807, 2.05) is 6.07 Å². The van der Waals surface area contributed by atoms with E-state index in [-0.39, 0.29) is 0 Å². The number of nitrogens with two attached hydrogens (primary N) is 1. The Morgan fingerprint density at radius 2 is 1.71 bits per heavy atom. The van der Waals surface area contributed by atoms with Gasteiger partial charge in [-0.15, -0.1) is 0 Å². The molecule has 1 heterocycles. The van der Waals surface area contributed by atoms with E-state index in [4.69, 9.17) is 10.3 Å². The van der Waals surface area contributed by atoms with Crippen LogP contribution in [0.15, 0.2) is 59.1 Å². The number of hydrogen-bond acceptors (Lipinski definition) is 3. The van der Waals surface area contributed by atoms with Gasteiger partial charge in [-0.25, -0.2) is 0 Å². The van der Waals surface area contributed by atoms with Gasteiger partial charge in [0, 0.05) is 11.6 Å². The first-order valence-corrected chi connectivity index (χ1v) is 7.07. The number of rotatable bonds is 3. The molecular formula is C18H18N2O. The predicted octanol–water partition coefficient (Wildman–Crippen LogP) is 4.71. The number of hydrogen-bond donors (Lipinski definition) is 1. The van der Waals surface area contributed by atoms with E-state index in [1.165, 1.54) is 16.7 Å². The lowest BCUT2D eigenvalue weighted by Gasteiger charge is -2.14. The number of anilines is 1. The maximum absolute atomic E-state index is 5.64. The molecule has 0 saturated heterocycles. The molecule has 106 valence electrons. The Bertz CT molecular complexity index is 745. The monoisotopic (exact) mass is 278 g/mol. The quantitative estimate of drug-likeness (QED) is 0.754. The third-order valence-electron chi connectivity index (χ3n) is 3.57. The van der Waals surface area contributed by atoms with Crippen molar-refractivity contribution < 1.29 is 4.52 Å². The van der Waals surface area contributed by atoms with Gasteiger partial charge in [0.25, 0.3) is 0 Å². The second kappa shape index (κ2) is 5.44. The zero-order valence-electron chi connectivity index (χ0n) is 12.2. The molecule has 3 rings (SSSR count). The molecule has 2 aromatic carbocycles. The molecule has 0 radical (unpaired) electrons. The Balaban J connectivity index is 2.15. The molecule has 0 aliphatic rings. The average molecular weight is 278 g/mol. The minimum atomic E-state index is 0.402. The normalized spacial score (nSPS) is 11.0. The zero-order chi connectivity index (χ0) is 14.8. The van der Waals surface area contributed by atoms with Crippen LogP contribution in [0.5, 0.6) is 0 Å². The molecule has 0 spiro atoms. The Morgan fingerprint density at radius 1 is 0.952 bits per heavy atom. The molecule has 0 aliphatic heterocycles. The minimum Gasteiger partial charge on any atom is -0.381 e. The summed E-state index contributed by atoms with van der Waals surface area (Å²) >= 11 is 0. The molecule has 2 N–H and O–H groups in total. The molecule has 0 fully saturated rings. The van der Waals surface area contributed by atoms with Crippen molar-refractivity contribution in [1.29, 1.82) is 0 Å². The van der Waals surface area contributed by atoms with Crippen LogP contribution in [0.3, 0.4) is 0 Å². The zero-order valence-corrected chi connectivity index (χ0v) is 12.2. The number of nitrogen functional groups attached to an aromatic ring is 1. The fraction of sp³-hybridized carbons (Fsp3) is 0.167. The first-order valence-electron chi connectivity index (χ1n) is 7.07. The SMILES string of the molecule is CC(C)c1ccc(-c2cc(N)no2)cc1-c1ccccc1. The molecule has 0 aliphatic carbocycles. The van der Waals surface area contributed by atoms with E-state index in [0.29, 0.717) is 17.5 Å². The predicted molar refractivity (Wildman–Crippen MR) is 85.9 cm³/mol. The third kappa shape index (κ3) is 2.68. The Hall–Kier alpha value is -2.55. The molecule has 21 heavy (non-hydrogen) atoms. The molecule has 3 nitrogen and oxygen atoms in total. The van der Waals surface area contributed by atoms with Crippen molar-refractivity contribution in [3.63, 3.8) is 0 Å². The summed E-state index contributed by atoms with van der Waals surface area (Å²) in [5.74, 6) is 1.55. The highest BCUT2D eigenvalue weighted by Gasteiger charge is 2.12. The van der Waals surface area contributed by atoms with Gasteiger partial charge >= 0.3 is 0 Å². The Kier molecular flexibility index (Phi) is 3.48. The van der Waals surface area contributed by atoms with Gasteiger partial charge in [0.05, 0.1) is 0 Å². The smallest absolute Gasteiger partial charge is 0.169 e. The van der Waals surface area contributed by atoms with Crippen molar-refractivity contribution in [1.82, 2.24) is 5.16 Å². The fourth-order valence-corrected chi connectivity index (χ4v) is 2.51. The lowest BCUT2D eigenvalue weighted by atomic mass is 9.90. The Morgan fingerprint density at radius 3 is 2.33 bits per heavy atom. The summed E-state index contributed by atoms with van der Waals surface area (Å²) in [5.41, 5.74) is 10.4. The van der Waals surface area contributed by atoms with Crippen LogP contribution in [0.1, 0.15) is 25.3 Å². The second-order valence-electron chi connectivity index (χ2n) is 5.44. The van der Waals surface area contributed by atoms with Crippen molar-refractivity contribution in [3.05, 3.63) is 60.2 Å². The van der Waals surface area contributed by atoms with Gasteiger partial charge in [-0.05, 0) is 28.7 Å². The van der Waals surface area contributed by atoms with E-state index in [2.05, 4.69) is 61.5 Å². The van der Waals surface area contributed by atoms with Gasteiger partial charge in [-0.1, -0.05) is 61.5 Å². The van der Waals surface area contributed by atoms with Gasteiger partial charge in [-0.2, -0.15) is 0 Å². The van der Waals surface area contributed by atoms with Crippen LogP contribution in [0.2, 0.25) is 0 Å². The van der Waals surface area contributed by atoms with Crippen molar-refractivity contribution in [3.8, 4) is 22.5 Å². The summed E-state index contributed by atoms with van der Waals surface area (Å²) in [5, 5.41) is 3.76. The van der Waals surface area contributed by atoms with E-state index in [9.17, 15) is 0 Å². The van der Waals surface area contributed by atoms with E-state index in [1.54, 1.807) is 6.07 Å². The molecule has 0 saturated carbocycles. The Labute approximate surface area is 124 Å². The summed E-state index contributed by atoms with van der Waals surface area (Å²) in [4.78, 5) is 0. The third-order valence-corrected chi connectivity index (χ3v) is 3.57. The van der Waals surface area contributed by atoms with Crippen LogP contribution in [-0.2, 0) is 0 Å². The summed E-state index contributed by atoms with van der Waals surface area (Å²) in [7, 11) is 0. The van der Waals surface area contributed by atoms with Crippen LogP contribution in [0, 0.1) is 0 Å². The molecule has 3 aromatic rings. The topological polar surface area (TPSA) is 52.0 Å². The maximum atomic E-state index is 5.64. The first kappa shape index (κ1) is 13.4. The summed E-state index contributed by atoms with van der Waals surface area (Å²) < 4.78 is 5.27. The number of benzene rings is 2. The van der Waals surface area contributed by atoms with Crippen molar-refractivity contribution in [2.75, 3.05) is 5.73 Å².